The summed E-state index contributed by atoms with van der Waals surface area (Å²) in [7, 11) is -2.95. The number of amidine groups is 1. The van der Waals surface area contributed by atoms with Gasteiger partial charge in [-0.15, -0.1) is 36.4 Å². The summed E-state index contributed by atoms with van der Waals surface area (Å²) >= 11 is 6.17. The SMILES string of the molecule is CC(=O)OS(=O)(=O)N(C/C=C/c1cccc(C(=N)N)c1)C1=CC(Cl)(C(F)(F)F)C(OC2CCN(C)CC2)C=C1.Cl.Cl. The van der Waals surface area contributed by atoms with Gasteiger partial charge in [0.15, 0.2) is 4.87 Å². The number of nitrogens with two attached hydrogens (primary N) is 1. The second-order valence-electron chi connectivity index (χ2n) is 9.26. The number of rotatable bonds is 9. The van der Waals surface area contributed by atoms with Gasteiger partial charge in [-0.1, -0.05) is 36.4 Å². The molecule has 9 nitrogen and oxygen atoms in total. The van der Waals surface area contributed by atoms with Crippen LogP contribution in [0.2, 0.25) is 0 Å². The summed E-state index contributed by atoms with van der Waals surface area (Å²) in [6.45, 7) is 1.66. The number of likely N-dealkylation sites (tertiary alicyclic amines) is 1. The van der Waals surface area contributed by atoms with Crippen molar-refractivity contribution in [3.05, 3.63) is 65.4 Å². The zero-order valence-corrected chi connectivity index (χ0v) is 25.3. The van der Waals surface area contributed by atoms with Gasteiger partial charge in [0.05, 0.1) is 18.3 Å². The van der Waals surface area contributed by atoms with Crippen molar-refractivity contribution in [2.24, 2.45) is 5.73 Å². The third-order valence-corrected chi connectivity index (χ3v) is 8.10. The van der Waals surface area contributed by atoms with E-state index in [1.165, 1.54) is 12.2 Å². The number of carbonyl (C=O) groups excluding carboxylic acids is 1. The molecular weight excluding hydrogens is 632 g/mol. The van der Waals surface area contributed by atoms with E-state index in [-0.39, 0.29) is 30.6 Å². The maximum atomic E-state index is 14.3. The van der Waals surface area contributed by atoms with Gasteiger partial charge in [0.2, 0.25) is 0 Å². The van der Waals surface area contributed by atoms with Crippen molar-refractivity contribution in [1.29, 1.82) is 5.41 Å². The van der Waals surface area contributed by atoms with E-state index >= 15 is 0 Å². The van der Waals surface area contributed by atoms with Crippen LogP contribution in [-0.4, -0.2) is 79.4 Å². The smallest absolute Gasteiger partial charge is 0.384 e. The number of allylic oxidation sites excluding steroid dienone is 1. The monoisotopic (exact) mass is 662 g/mol. The van der Waals surface area contributed by atoms with Crippen LogP contribution in [0.5, 0.6) is 0 Å². The molecule has 0 radical (unpaired) electrons. The van der Waals surface area contributed by atoms with Crippen LogP contribution in [0.25, 0.3) is 6.08 Å². The molecule has 0 saturated carbocycles. The number of hydrogen-bond acceptors (Lipinski definition) is 7. The van der Waals surface area contributed by atoms with Crippen molar-refractivity contribution in [1.82, 2.24) is 9.21 Å². The van der Waals surface area contributed by atoms with Crippen molar-refractivity contribution in [3.8, 4) is 0 Å². The molecule has 1 aromatic carbocycles. The lowest BCUT2D eigenvalue weighted by atomic mass is 9.93. The molecule has 0 amide bonds. The van der Waals surface area contributed by atoms with Crippen LogP contribution < -0.4 is 5.73 Å². The van der Waals surface area contributed by atoms with Crippen molar-refractivity contribution >= 4 is 64.6 Å². The predicted octanol–water partition coefficient (Wildman–Crippen LogP) is 4.41. The Balaban J connectivity index is 0.00000420. The molecule has 41 heavy (non-hydrogen) atoms. The number of benzene rings is 1. The molecule has 1 saturated heterocycles. The van der Waals surface area contributed by atoms with Gasteiger partial charge in [0, 0.05) is 25.6 Å². The number of alkyl halides is 4. The number of halogens is 6. The lowest BCUT2D eigenvalue weighted by Crippen LogP contribution is -2.52. The Labute approximate surface area is 254 Å². The molecule has 2 aliphatic rings. The van der Waals surface area contributed by atoms with Gasteiger partial charge >= 0.3 is 22.4 Å². The molecule has 1 heterocycles. The first-order chi connectivity index (χ1) is 18.1. The number of nitrogen functional groups attached to an aromatic ring is 1. The Bertz CT molecular complexity index is 1290. The Kier molecular flexibility index (Phi) is 13.2. The highest BCUT2D eigenvalue weighted by Gasteiger charge is 2.59. The van der Waals surface area contributed by atoms with Gasteiger partial charge < -0.3 is 19.6 Å². The van der Waals surface area contributed by atoms with Gasteiger partial charge in [-0.3, -0.25) is 10.2 Å². The third-order valence-electron chi connectivity index (χ3n) is 6.21. The largest absolute Gasteiger partial charge is 0.414 e. The van der Waals surface area contributed by atoms with E-state index in [0.29, 0.717) is 47.4 Å². The minimum Gasteiger partial charge on any atom is -0.384 e. The highest BCUT2D eigenvalue weighted by atomic mass is 35.5. The Hall–Kier alpha value is -2.29. The van der Waals surface area contributed by atoms with Gasteiger partial charge in [0.1, 0.15) is 11.9 Å². The van der Waals surface area contributed by atoms with E-state index < -0.39 is 51.8 Å². The second kappa shape index (κ2) is 14.7. The van der Waals surface area contributed by atoms with Gasteiger partial charge in [0.25, 0.3) is 0 Å². The quantitative estimate of drug-likeness (QED) is 0.228. The second-order valence-corrected chi connectivity index (χ2v) is 11.3. The molecule has 230 valence electrons. The van der Waals surface area contributed by atoms with Crippen LogP contribution in [0.3, 0.4) is 0 Å². The van der Waals surface area contributed by atoms with Crippen LogP contribution in [0, 0.1) is 5.41 Å². The highest BCUT2D eigenvalue weighted by molar-refractivity contribution is 7.84. The molecule has 1 aliphatic heterocycles. The number of carbonyl (C=O) groups is 1. The summed E-state index contributed by atoms with van der Waals surface area (Å²) in [4.78, 5) is 10.4. The first-order valence-electron chi connectivity index (χ1n) is 12.0. The predicted molar refractivity (Wildman–Crippen MR) is 156 cm³/mol. The third kappa shape index (κ3) is 9.35. The van der Waals surface area contributed by atoms with Crippen LogP contribution in [0.4, 0.5) is 13.2 Å². The normalized spacial score (nSPS) is 21.9. The van der Waals surface area contributed by atoms with Crippen LogP contribution in [0.1, 0.15) is 30.9 Å². The molecule has 0 spiro atoms. The molecule has 1 aliphatic carbocycles. The van der Waals surface area contributed by atoms with Crippen LogP contribution >= 0.6 is 36.4 Å². The first kappa shape index (κ1) is 36.7. The summed E-state index contributed by atoms with van der Waals surface area (Å²) in [6, 6.07) is 6.47. The fourth-order valence-corrected chi connectivity index (χ4v) is 5.42. The standard InChI is InChI=1S/C25H30ClF3N4O5S.2ClH/c1-17(34)38-39(35,36)33(12-4-6-18-5-3-7-19(15-18)23(30)31)20-8-9-22(24(26,16-20)25(27,28)29)37-21-10-13-32(2)14-11-21;;/h3-9,15-16,21-22H,10-14H2,1-2H3,(H3,30,31);2*1H/b6-4+;;. The molecule has 3 N–H and O–H groups in total. The molecule has 16 heteroatoms. The highest BCUT2D eigenvalue weighted by Crippen LogP contribution is 2.46. The van der Waals surface area contributed by atoms with E-state index in [1.54, 1.807) is 24.3 Å². The van der Waals surface area contributed by atoms with Gasteiger partial charge in [-0.25, -0.2) is 4.31 Å². The van der Waals surface area contributed by atoms with Gasteiger partial charge in [-0.05, 0) is 43.7 Å². The lowest BCUT2D eigenvalue weighted by molar-refractivity contribution is -0.181. The molecule has 1 aromatic rings. The average Bonchev–Trinajstić information content (AvgIpc) is 2.83. The summed E-state index contributed by atoms with van der Waals surface area (Å²) in [5.41, 5.74) is 6.01. The first-order valence-corrected chi connectivity index (χ1v) is 13.7. The molecule has 3 rings (SSSR count). The van der Waals surface area contributed by atoms with Crippen LogP contribution in [-0.2, 0) is 24.0 Å². The fourth-order valence-electron chi connectivity index (χ4n) is 4.16. The minimum atomic E-state index is -5.01. The number of hydrogen-bond donors (Lipinski definition) is 2. The number of piperidine rings is 1. The van der Waals surface area contributed by atoms with Crippen molar-refractivity contribution in [2.45, 2.75) is 43.0 Å². The topological polar surface area (TPSA) is 126 Å². The van der Waals surface area contributed by atoms with Crippen molar-refractivity contribution < 1.29 is 35.3 Å². The van der Waals surface area contributed by atoms with E-state index in [2.05, 4.69) is 4.18 Å². The summed E-state index contributed by atoms with van der Waals surface area (Å²) in [6.07, 6.45) is -0.420. The minimum absolute atomic E-state index is 0. The summed E-state index contributed by atoms with van der Waals surface area (Å²) < 4.78 is 79.5. The van der Waals surface area contributed by atoms with E-state index in [0.717, 1.165) is 19.1 Å². The molecule has 0 bridgehead atoms. The molecule has 2 unspecified atom stereocenters. The lowest BCUT2D eigenvalue weighted by Gasteiger charge is -2.40. The molecule has 0 aromatic heterocycles. The number of ether oxygens (including phenoxy) is 1. The number of nitrogens with one attached hydrogen (secondary N) is 1. The van der Waals surface area contributed by atoms with Gasteiger partial charge in [-0.2, -0.15) is 21.6 Å². The Morgan fingerprint density at radius 2 is 1.93 bits per heavy atom. The van der Waals surface area contributed by atoms with E-state index in [1.807, 2.05) is 11.9 Å². The van der Waals surface area contributed by atoms with E-state index in [9.17, 15) is 26.4 Å². The molecule has 2 atom stereocenters. The Morgan fingerprint density at radius 3 is 2.49 bits per heavy atom. The Morgan fingerprint density at radius 1 is 1.29 bits per heavy atom. The fraction of sp³-hybridized carbons (Fsp3) is 0.440. The van der Waals surface area contributed by atoms with Crippen molar-refractivity contribution in [2.75, 3.05) is 26.7 Å². The average molecular weight is 664 g/mol. The van der Waals surface area contributed by atoms with Crippen LogP contribution in [0.15, 0.2) is 54.3 Å². The number of nitrogens with zero attached hydrogens (tertiary/aromatic N) is 2. The maximum Gasteiger partial charge on any atom is 0.414 e. The molecular formula is C25H32Cl3F3N4O5S. The van der Waals surface area contributed by atoms with Crippen molar-refractivity contribution in [3.63, 3.8) is 0 Å². The zero-order chi connectivity index (χ0) is 29.0. The summed E-state index contributed by atoms with van der Waals surface area (Å²) in [5.74, 6) is -1.35. The van der Waals surface area contributed by atoms with E-state index in [4.69, 9.17) is 27.5 Å². The summed E-state index contributed by atoms with van der Waals surface area (Å²) in [5, 5.41) is 7.54. The molecule has 1 fully saturated rings. The maximum absolute atomic E-state index is 14.3. The zero-order valence-electron chi connectivity index (χ0n) is 22.1.